The summed E-state index contributed by atoms with van der Waals surface area (Å²) in [5.41, 5.74) is 0. The Labute approximate surface area is 336 Å². The molecule has 55 heavy (non-hydrogen) atoms. The summed E-state index contributed by atoms with van der Waals surface area (Å²) < 4.78 is 34.2. The number of unbranched alkanes of at least 4 members (excludes halogenated alkanes) is 13. The molecule has 0 saturated carbocycles. The Morgan fingerprint density at radius 2 is 1.15 bits per heavy atom. The summed E-state index contributed by atoms with van der Waals surface area (Å²) in [5.74, 6) is -0.885. The molecule has 3 atom stereocenters. The number of aliphatic hydroxyl groups excluding tert-OH is 1. The topological polar surface area (TPSA) is 129 Å². The zero-order valence-corrected chi connectivity index (χ0v) is 36.4. The number of allylic oxidation sites excluding steroid dienone is 7. The molecule has 0 bridgehead atoms. The van der Waals surface area contributed by atoms with Crippen molar-refractivity contribution in [1.82, 2.24) is 0 Å². The molecule has 0 aromatic rings. The third-order valence-corrected chi connectivity index (χ3v) is 9.90. The van der Waals surface area contributed by atoms with Gasteiger partial charge in [0.2, 0.25) is 0 Å². The highest BCUT2D eigenvalue weighted by molar-refractivity contribution is 7.47. The van der Waals surface area contributed by atoms with Crippen LogP contribution in [-0.4, -0.2) is 86.1 Å². The van der Waals surface area contributed by atoms with Gasteiger partial charge in [-0.15, -0.1) is 0 Å². The van der Waals surface area contributed by atoms with E-state index in [1.54, 1.807) is 0 Å². The highest BCUT2D eigenvalue weighted by Gasteiger charge is 2.27. The summed E-state index contributed by atoms with van der Waals surface area (Å²) in [5, 5.41) is 9.73. The van der Waals surface area contributed by atoms with Crippen molar-refractivity contribution >= 4 is 19.8 Å². The van der Waals surface area contributed by atoms with Crippen LogP contribution < -0.4 is 0 Å². The molecule has 0 aromatic heterocycles. The Morgan fingerprint density at radius 1 is 0.636 bits per heavy atom. The summed E-state index contributed by atoms with van der Waals surface area (Å²) in [4.78, 5) is 35.3. The van der Waals surface area contributed by atoms with Gasteiger partial charge < -0.3 is 24.0 Å². The van der Waals surface area contributed by atoms with Crippen molar-refractivity contribution in [2.45, 2.75) is 174 Å². The summed E-state index contributed by atoms with van der Waals surface area (Å²) >= 11 is 0. The molecule has 0 radical (unpaired) electrons. The Kier molecular flexibility index (Phi) is 34.9. The van der Waals surface area contributed by atoms with Crippen LogP contribution in [0.2, 0.25) is 0 Å². The maximum Gasteiger partial charge on any atom is 0.472 e. The SMILES string of the molecule is CCCCCCCCCCCCCCCC(=O)OC[C@H](COP(=O)(O)OCC[N+](C)(C)C)OC(=O)CCC/C=C\C/C=C\C/C=C\C/C=C\CC(O)CCC. The second-order valence-corrected chi connectivity index (χ2v) is 17.0. The summed E-state index contributed by atoms with van der Waals surface area (Å²) in [6.07, 6.45) is 38.0. The molecule has 0 heterocycles. The van der Waals surface area contributed by atoms with E-state index in [-0.39, 0.29) is 32.2 Å². The standard InChI is InChI=1S/C44H80NO9P/c1-6-8-9-10-11-12-13-15-19-22-25-28-31-35-43(47)51-39-42(40-53-55(49,50)52-38-37-45(3,4)5)54-44(48)36-32-29-26-23-20-17-14-16-18-21-24-27-30-34-41(46)33-7-2/h14,17-18,21,23,26-27,30,41-42,46H,6-13,15-16,19-20,22,24-25,28-29,31-40H2,1-5H3/p+1/b17-14-,21-18-,26-23-,30-27-/t41?,42-/m1/s1. The molecule has 10 nitrogen and oxygen atoms in total. The average molecular weight is 799 g/mol. The maximum absolute atomic E-state index is 12.6. The zero-order valence-electron chi connectivity index (χ0n) is 35.5. The van der Waals surface area contributed by atoms with Crippen LogP contribution in [0.5, 0.6) is 0 Å². The summed E-state index contributed by atoms with van der Waals surface area (Å²) in [6.45, 7) is 4.14. The van der Waals surface area contributed by atoms with Crippen molar-refractivity contribution in [3.63, 3.8) is 0 Å². The van der Waals surface area contributed by atoms with Crippen LogP contribution in [0.25, 0.3) is 0 Å². The Balaban J connectivity index is 4.50. The number of quaternary nitrogens is 1. The van der Waals surface area contributed by atoms with Crippen molar-refractivity contribution < 1.29 is 47.2 Å². The van der Waals surface area contributed by atoms with Crippen LogP contribution in [-0.2, 0) is 32.7 Å². The van der Waals surface area contributed by atoms with Gasteiger partial charge in [0.1, 0.15) is 19.8 Å². The van der Waals surface area contributed by atoms with Gasteiger partial charge in [-0.25, -0.2) is 4.57 Å². The molecule has 0 aliphatic carbocycles. The lowest BCUT2D eigenvalue weighted by Crippen LogP contribution is -2.37. The third kappa shape index (κ3) is 39.9. The third-order valence-electron chi connectivity index (χ3n) is 8.92. The van der Waals surface area contributed by atoms with E-state index in [4.69, 9.17) is 18.5 Å². The Hall–Kier alpha value is -2.07. The quantitative estimate of drug-likeness (QED) is 0.0206. The zero-order chi connectivity index (χ0) is 40.9. The fourth-order valence-electron chi connectivity index (χ4n) is 5.55. The molecule has 0 aliphatic heterocycles. The van der Waals surface area contributed by atoms with E-state index in [1.165, 1.54) is 64.2 Å². The fourth-order valence-corrected chi connectivity index (χ4v) is 6.29. The number of esters is 2. The number of hydrogen-bond donors (Lipinski definition) is 2. The molecule has 0 aliphatic rings. The van der Waals surface area contributed by atoms with Gasteiger partial charge in [-0.05, 0) is 51.4 Å². The molecular formula is C44H81NO9P+. The van der Waals surface area contributed by atoms with E-state index in [9.17, 15) is 24.2 Å². The lowest BCUT2D eigenvalue weighted by Gasteiger charge is -2.24. The average Bonchev–Trinajstić information content (AvgIpc) is 3.12. The molecule has 320 valence electrons. The number of likely N-dealkylation sites (N-methyl/N-ethyl adjacent to an activating group) is 1. The molecule has 0 rings (SSSR count). The van der Waals surface area contributed by atoms with Crippen LogP contribution in [0, 0.1) is 0 Å². The predicted molar refractivity (Wildman–Crippen MR) is 226 cm³/mol. The molecular weight excluding hydrogens is 717 g/mol. The summed E-state index contributed by atoms with van der Waals surface area (Å²) in [7, 11) is 1.42. The molecule has 2 unspecified atom stereocenters. The Morgan fingerprint density at radius 3 is 1.69 bits per heavy atom. The maximum atomic E-state index is 12.6. The molecule has 0 spiro atoms. The number of ether oxygens (including phenoxy) is 2. The van der Waals surface area contributed by atoms with Gasteiger partial charge in [0.15, 0.2) is 6.10 Å². The molecule has 0 amide bonds. The van der Waals surface area contributed by atoms with Crippen molar-refractivity contribution in [1.29, 1.82) is 0 Å². The normalized spacial score (nSPS) is 14.7. The van der Waals surface area contributed by atoms with Gasteiger partial charge in [0, 0.05) is 12.8 Å². The largest absolute Gasteiger partial charge is 0.472 e. The van der Waals surface area contributed by atoms with Crippen molar-refractivity contribution in [2.75, 3.05) is 47.5 Å². The van der Waals surface area contributed by atoms with Crippen LogP contribution in [0.4, 0.5) is 0 Å². The first kappa shape index (κ1) is 52.9. The minimum absolute atomic E-state index is 0.0142. The highest BCUT2D eigenvalue weighted by atomic mass is 31.2. The highest BCUT2D eigenvalue weighted by Crippen LogP contribution is 2.43. The van der Waals surface area contributed by atoms with E-state index in [0.717, 1.165) is 51.4 Å². The second kappa shape index (κ2) is 36.3. The van der Waals surface area contributed by atoms with Gasteiger partial charge in [0.25, 0.3) is 0 Å². The van der Waals surface area contributed by atoms with Gasteiger partial charge in [-0.3, -0.25) is 18.6 Å². The van der Waals surface area contributed by atoms with E-state index in [2.05, 4.69) is 50.3 Å². The number of phosphoric acid groups is 1. The van der Waals surface area contributed by atoms with E-state index < -0.39 is 32.5 Å². The Bertz CT molecular complexity index is 1100. The van der Waals surface area contributed by atoms with E-state index >= 15 is 0 Å². The fraction of sp³-hybridized carbons (Fsp3) is 0.773. The van der Waals surface area contributed by atoms with Gasteiger partial charge >= 0.3 is 19.8 Å². The second-order valence-electron chi connectivity index (χ2n) is 15.6. The first-order valence-corrected chi connectivity index (χ1v) is 22.9. The van der Waals surface area contributed by atoms with Crippen molar-refractivity contribution in [3.05, 3.63) is 48.6 Å². The van der Waals surface area contributed by atoms with Crippen molar-refractivity contribution in [3.8, 4) is 0 Å². The van der Waals surface area contributed by atoms with E-state index in [0.29, 0.717) is 30.3 Å². The molecule has 2 N–H and O–H groups in total. The van der Waals surface area contributed by atoms with Crippen LogP contribution >= 0.6 is 7.82 Å². The molecule has 0 aromatic carbocycles. The van der Waals surface area contributed by atoms with Crippen LogP contribution in [0.3, 0.4) is 0 Å². The van der Waals surface area contributed by atoms with Crippen molar-refractivity contribution in [2.24, 2.45) is 0 Å². The summed E-state index contributed by atoms with van der Waals surface area (Å²) in [6, 6.07) is 0. The lowest BCUT2D eigenvalue weighted by molar-refractivity contribution is -0.870. The number of hydrogen-bond acceptors (Lipinski definition) is 8. The molecule has 0 fully saturated rings. The van der Waals surface area contributed by atoms with Gasteiger partial charge in [-0.1, -0.05) is 146 Å². The van der Waals surface area contributed by atoms with Gasteiger partial charge in [-0.2, -0.15) is 0 Å². The number of carbonyl (C=O) groups is 2. The minimum Gasteiger partial charge on any atom is -0.462 e. The number of carbonyl (C=O) groups excluding carboxylic acids is 2. The smallest absolute Gasteiger partial charge is 0.462 e. The molecule has 11 heteroatoms. The predicted octanol–water partition coefficient (Wildman–Crippen LogP) is 10.9. The first-order chi connectivity index (χ1) is 26.4. The van der Waals surface area contributed by atoms with Gasteiger partial charge in [0.05, 0.1) is 33.9 Å². The lowest BCUT2D eigenvalue weighted by atomic mass is 10.0. The number of phosphoric ester groups is 1. The van der Waals surface area contributed by atoms with E-state index in [1.807, 2.05) is 33.3 Å². The minimum atomic E-state index is -4.40. The number of rotatable bonds is 38. The number of nitrogens with zero attached hydrogens (tertiary/aromatic N) is 1. The first-order valence-electron chi connectivity index (χ1n) is 21.4. The van der Waals surface area contributed by atoms with Crippen LogP contribution in [0.15, 0.2) is 48.6 Å². The number of aliphatic hydroxyl groups is 1. The van der Waals surface area contributed by atoms with Crippen LogP contribution in [0.1, 0.15) is 162 Å². The monoisotopic (exact) mass is 799 g/mol. The molecule has 0 saturated heterocycles.